The van der Waals surface area contributed by atoms with E-state index in [-0.39, 0.29) is 5.41 Å². The van der Waals surface area contributed by atoms with Crippen LogP contribution in [-0.2, 0) is 10.2 Å². The Hall–Kier alpha value is -1.51. The van der Waals surface area contributed by atoms with Crippen LogP contribution in [-0.4, -0.2) is 19.5 Å². The summed E-state index contributed by atoms with van der Waals surface area (Å²) in [6, 6.07) is 5.78. The summed E-state index contributed by atoms with van der Waals surface area (Å²) in [6.45, 7) is 1.16. The van der Waals surface area contributed by atoms with Gasteiger partial charge in [-0.2, -0.15) is 0 Å². The highest BCUT2D eigenvalue weighted by Crippen LogP contribution is 2.52. The van der Waals surface area contributed by atoms with Gasteiger partial charge in [-0.25, -0.2) is 0 Å². The van der Waals surface area contributed by atoms with Crippen molar-refractivity contribution in [2.45, 2.75) is 18.3 Å². The van der Waals surface area contributed by atoms with E-state index in [1.54, 1.807) is 0 Å². The number of rotatable bonds is 2. The molecule has 1 aromatic rings. The predicted octanol–water partition coefficient (Wildman–Crippen LogP) is 1.69. The first-order chi connectivity index (χ1) is 7.36. The van der Waals surface area contributed by atoms with Crippen LogP contribution in [0.25, 0.3) is 0 Å². The maximum absolute atomic E-state index is 11.1. The monoisotopic (exact) mass is 204 g/mol. The Morgan fingerprint density at radius 2 is 2.00 bits per heavy atom. The summed E-state index contributed by atoms with van der Waals surface area (Å²) in [7, 11) is 0. The van der Waals surface area contributed by atoms with Crippen LogP contribution in [0, 0.1) is 0 Å². The van der Waals surface area contributed by atoms with Crippen molar-refractivity contribution in [3.8, 4) is 11.5 Å². The Morgan fingerprint density at radius 3 is 2.73 bits per heavy atom. The van der Waals surface area contributed by atoms with E-state index in [9.17, 15) is 4.79 Å². The van der Waals surface area contributed by atoms with E-state index in [4.69, 9.17) is 9.47 Å². The average molecular weight is 204 g/mol. The third-order valence-electron chi connectivity index (χ3n) is 3.12. The van der Waals surface area contributed by atoms with E-state index in [0.717, 1.165) is 36.2 Å². The molecule has 0 atom stereocenters. The van der Waals surface area contributed by atoms with Gasteiger partial charge >= 0.3 is 0 Å². The lowest BCUT2D eigenvalue weighted by atomic mass is 9.96. The minimum absolute atomic E-state index is 0.286. The summed E-state index contributed by atoms with van der Waals surface area (Å²) in [4.78, 5) is 11.1. The van der Waals surface area contributed by atoms with Crippen molar-refractivity contribution in [3.63, 3.8) is 0 Å². The first-order valence-corrected chi connectivity index (χ1v) is 5.21. The van der Waals surface area contributed by atoms with Gasteiger partial charge in [-0.3, -0.25) is 0 Å². The molecule has 0 aromatic heterocycles. The number of benzene rings is 1. The molecule has 1 aliphatic carbocycles. The third kappa shape index (κ3) is 1.23. The van der Waals surface area contributed by atoms with Gasteiger partial charge in [0.15, 0.2) is 11.5 Å². The molecule has 2 aliphatic rings. The van der Waals surface area contributed by atoms with Gasteiger partial charge in [-0.05, 0) is 18.9 Å². The van der Waals surface area contributed by atoms with Crippen molar-refractivity contribution in [3.05, 3.63) is 23.8 Å². The Balaban J connectivity index is 2.11. The lowest BCUT2D eigenvalue weighted by Gasteiger charge is -2.22. The highest BCUT2D eigenvalue weighted by molar-refractivity contribution is 5.76. The van der Waals surface area contributed by atoms with Gasteiger partial charge in [0.1, 0.15) is 19.5 Å². The highest BCUT2D eigenvalue weighted by Gasteiger charge is 2.47. The molecule has 1 saturated carbocycles. The normalized spacial score (nSPS) is 20.8. The Labute approximate surface area is 88.0 Å². The van der Waals surface area contributed by atoms with Gasteiger partial charge in [-0.1, -0.05) is 12.1 Å². The van der Waals surface area contributed by atoms with E-state index < -0.39 is 0 Å². The number of ether oxygens (including phenoxy) is 2. The molecular formula is C12H12O3. The Bertz CT molecular complexity index is 407. The number of hydrogen-bond acceptors (Lipinski definition) is 3. The number of aldehydes is 1. The van der Waals surface area contributed by atoms with E-state index >= 15 is 0 Å². The van der Waals surface area contributed by atoms with Gasteiger partial charge in [0.25, 0.3) is 0 Å². The van der Waals surface area contributed by atoms with Crippen molar-refractivity contribution >= 4 is 6.29 Å². The Kier molecular flexibility index (Phi) is 1.75. The number of hydrogen-bond donors (Lipinski definition) is 0. The van der Waals surface area contributed by atoms with Crippen molar-refractivity contribution in [1.29, 1.82) is 0 Å². The van der Waals surface area contributed by atoms with Crippen LogP contribution in [0.1, 0.15) is 18.4 Å². The number of carbonyl (C=O) groups is 1. The zero-order valence-electron chi connectivity index (χ0n) is 8.36. The molecule has 0 amide bonds. The molecule has 0 unspecified atom stereocenters. The quantitative estimate of drug-likeness (QED) is 0.688. The van der Waals surface area contributed by atoms with Crippen LogP contribution < -0.4 is 9.47 Å². The predicted molar refractivity (Wildman–Crippen MR) is 54.4 cm³/mol. The second kappa shape index (κ2) is 2.99. The molecule has 0 saturated heterocycles. The summed E-state index contributed by atoms with van der Waals surface area (Å²) in [5.41, 5.74) is 0.709. The van der Waals surface area contributed by atoms with Gasteiger partial charge in [0.05, 0.1) is 5.41 Å². The van der Waals surface area contributed by atoms with Crippen molar-refractivity contribution in [2.24, 2.45) is 0 Å². The molecule has 1 aromatic carbocycles. The number of fused-ring (bicyclic) bond motifs is 1. The summed E-state index contributed by atoms with van der Waals surface area (Å²) >= 11 is 0. The third-order valence-corrected chi connectivity index (χ3v) is 3.12. The number of carbonyl (C=O) groups excluding carboxylic acids is 1. The van der Waals surface area contributed by atoms with E-state index in [1.165, 1.54) is 0 Å². The average Bonchev–Trinajstić information content (AvgIpc) is 3.09. The fourth-order valence-electron chi connectivity index (χ4n) is 2.05. The SMILES string of the molecule is O=CC1(c2cccc3c2OCCO3)CC1. The lowest BCUT2D eigenvalue weighted by Crippen LogP contribution is -2.19. The van der Waals surface area contributed by atoms with E-state index in [2.05, 4.69) is 0 Å². The molecule has 3 rings (SSSR count). The zero-order chi connectivity index (χ0) is 10.3. The molecule has 0 spiro atoms. The fourth-order valence-corrected chi connectivity index (χ4v) is 2.05. The topological polar surface area (TPSA) is 35.5 Å². The van der Waals surface area contributed by atoms with Crippen LogP contribution in [0.5, 0.6) is 11.5 Å². The molecule has 3 nitrogen and oxygen atoms in total. The summed E-state index contributed by atoms with van der Waals surface area (Å²) in [5.74, 6) is 1.54. The molecule has 1 heterocycles. The second-order valence-corrected chi connectivity index (χ2v) is 4.10. The van der Waals surface area contributed by atoms with Gasteiger partial charge in [0.2, 0.25) is 0 Å². The molecule has 0 radical (unpaired) electrons. The van der Waals surface area contributed by atoms with Crippen LogP contribution >= 0.6 is 0 Å². The van der Waals surface area contributed by atoms with Crippen molar-refractivity contribution in [2.75, 3.05) is 13.2 Å². The molecule has 78 valence electrons. The largest absolute Gasteiger partial charge is 0.486 e. The van der Waals surface area contributed by atoms with E-state index in [0.29, 0.717) is 13.2 Å². The second-order valence-electron chi connectivity index (χ2n) is 4.10. The van der Waals surface area contributed by atoms with Gasteiger partial charge in [0, 0.05) is 5.56 Å². The maximum Gasteiger partial charge on any atom is 0.165 e. The minimum atomic E-state index is -0.286. The molecule has 1 aliphatic heterocycles. The van der Waals surface area contributed by atoms with Crippen LogP contribution in [0.4, 0.5) is 0 Å². The summed E-state index contributed by atoms with van der Waals surface area (Å²) in [5, 5.41) is 0. The number of para-hydroxylation sites is 1. The van der Waals surface area contributed by atoms with Crippen LogP contribution in [0.2, 0.25) is 0 Å². The zero-order valence-corrected chi connectivity index (χ0v) is 8.36. The highest BCUT2D eigenvalue weighted by atomic mass is 16.6. The smallest absolute Gasteiger partial charge is 0.165 e. The summed E-state index contributed by atoms with van der Waals surface area (Å²) in [6.07, 6.45) is 2.90. The van der Waals surface area contributed by atoms with E-state index in [1.807, 2.05) is 18.2 Å². The van der Waals surface area contributed by atoms with Crippen LogP contribution in [0.3, 0.4) is 0 Å². The first-order valence-electron chi connectivity index (χ1n) is 5.21. The van der Waals surface area contributed by atoms with Crippen molar-refractivity contribution in [1.82, 2.24) is 0 Å². The molecule has 15 heavy (non-hydrogen) atoms. The molecule has 0 N–H and O–H groups in total. The van der Waals surface area contributed by atoms with Gasteiger partial charge in [-0.15, -0.1) is 0 Å². The molecule has 1 fully saturated rings. The van der Waals surface area contributed by atoms with Crippen LogP contribution in [0.15, 0.2) is 18.2 Å². The molecular weight excluding hydrogens is 192 g/mol. The summed E-state index contributed by atoms with van der Waals surface area (Å²) < 4.78 is 11.1. The molecule has 3 heteroatoms. The first kappa shape index (κ1) is 8.77. The maximum atomic E-state index is 11.1. The van der Waals surface area contributed by atoms with Crippen molar-refractivity contribution < 1.29 is 14.3 Å². The lowest BCUT2D eigenvalue weighted by molar-refractivity contribution is -0.109. The Morgan fingerprint density at radius 1 is 1.20 bits per heavy atom. The molecule has 0 bridgehead atoms. The van der Waals surface area contributed by atoms with Gasteiger partial charge < -0.3 is 14.3 Å². The fraction of sp³-hybridized carbons (Fsp3) is 0.417. The standard InChI is InChI=1S/C12H12O3/c13-8-12(4-5-12)9-2-1-3-10-11(9)15-7-6-14-10/h1-3,8H,4-7H2. The minimum Gasteiger partial charge on any atom is -0.486 e.